The molecule has 5 heteroatoms. The number of aryl methyl sites for hydroxylation is 2. The van der Waals surface area contributed by atoms with Crippen molar-refractivity contribution in [1.29, 1.82) is 0 Å². The molecule has 0 atom stereocenters. The molecule has 154 valence electrons. The number of halogens is 1. The molecule has 0 aliphatic rings. The number of benzene rings is 3. The summed E-state index contributed by atoms with van der Waals surface area (Å²) < 4.78 is 13.1. The van der Waals surface area contributed by atoms with E-state index in [1.807, 2.05) is 48.5 Å². The third-order valence-electron chi connectivity index (χ3n) is 4.94. The van der Waals surface area contributed by atoms with E-state index in [1.54, 1.807) is 18.3 Å². The van der Waals surface area contributed by atoms with Gasteiger partial charge in [-0.15, -0.1) is 0 Å². The first-order chi connectivity index (χ1) is 15.2. The zero-order chi connectivity index (χ0) is 21.5. The Labute approximate surface area is 180 Å². The molecule has 0 fully saturated rings. The molecule has 0 bridgehead atoms. The number of hydrogen-bond acceptors (Lipinski definition) is 3. The van der Waals surface area contributed by atoms with Gasteiger partial charge in [0.1, 0.15) is 5.82 Å². The lowest BCUT2D eigenvalue weighted by Gasteiger charge is -2.12. The van der Waals surface area contributed by atoms with Gasteiger partial charge in [-0.25, -0.2) is 14.4 Å². The van der Waals surface area contributed by atoms with Gasteiger partial charge in [0.25, 0.3) is 0 Å². The van der Waals surface area contributed by atoms with E-state index in [4.69, 9.17) is 4.98 Å². The van der Waals surface area contributed by atoms with Crippen molar-refractivity contribution in [2.45, 2.75) is 19.3 Å². The number of aromatic nitrogens is 2. The summed E-state index contributed by atoms with van der Waals surface area (Å²) in [6.45, 7) is 0. The van der Waals surface area contributed by atoms with Crippen LogP contribution in [0, 0.1) is 5.82 Å². The van der Waals surface area contributed by atoms with Crippen molar-refractivity contribution < 1.29 is 9.18 Å². The Kier molecular flexibility index (Phi) is 6.43. The van der Waals surface area contributed by atoms with Crippen molar-refractivity contribution in [2.75, 3.05) is 5.32 Å². The molecule has 0 saturated carbocycles. The monoisotopic (exact) mass is 411 g/mol. The van der Waals surface area contributed by atoms with E-state index in [9.17, 15) is 9.18 Å². The lowest BCUT2D eigenvalue weighted by molar-refractivity contribution is -0.115. The van der Waals surface area contributed by atoms with Crippen LogP contribution in [0.4, 0.5) is 10.2 Å². The third-order valence-corrected chi connectivity index (χ3v) is 4.94. The predicted molar refractivity (Wildman–Crippen MR) is 120 cm³/mol. The molecule has 0 aliphatic carbocycles. The fourth-order valence-corrected chi connectivity index (χ4v) is 3.33. The number of nitrogens with zero attached hydrogens (tertiary/aromatic N) is 2. The van der Waals surface area contributed by atoms with Gasteiger partial charge in [0.15, 0.2) is 5.82 Å². The molecule has 1 heterocycles. The van der Waals surface area contributed by atoms with E-state index < -0.39 is 0 Å². The van der Waals surface area contributed by atoms with Gasteiger partial charge < -0.3 is 5.32 Å². The first kappa shape index (κ1) is 20.4. The van der Waals surface area contributed by atoms with E-state index in [0.29, 0.717) is 12.2 Å². The molecule has 0 radical (unpaired) electrons. The largest absolute Gasteiger partial charge is 0.309 e. The molecule has 4 rings (SSSR count). The highest BCUT2D eigenvalue weighted by Gasteiger charge is 2.13. The number of amides is 1. The minimum absolute atomic E-state index is 0.139. The van der Waals surface area contributed by atoms with Crippen molar-refractivity contribution in [2.24, 2.45) is 0 Å². The SMILES string of the molecule is O=C(Cc1ccc(F)cc1)Nc1ncc(-c2ccccc2)nc1CCc1ccccc1. The van der Waals surface area contributed by atoms with Gasteiger partial charge in [-0.3, -0.25) is 4.79 Å². The maximum atomic E-state index is 13.1. The molecule has 0 spiro atoms. The molecule has 31 heavy (non-hydrogen) atoms. The number of rotatable bonds is 7. The first-order valence-corrected chi connectivity index (χ1v) is 10.2. The average Bonchev–Trinajstić information content (AvgIpc) is 2.81. The maximum absolute atomic E-state index is 13.1. The van der Waals surface area contributed by atoms with Crippen LogP contribution in [0.3, 0.4) is 0 Å². The van der Waals surface area contributed by atoms with E-state index in [-0.39, 0.29) is 18.1 Å². The fourth-order valence-electron chi connectivity index (χ4n) is 3.33. The summed E-state index contributed by atoms with van der Waals surface area (Å²) in [5.74, 6) is -0.0771. The van der Waals surface area contributed by atoms with Crippen molar-refractivity contribution in [3.8, 4) is 11.3 Å². The Morgan fingerprint density at radius 3 is 2.19 bits per heavy atom. The quantitative estimate of drug-likeness (QED) is 0.452. The second-order valence-corrected chi connectivity index (χ2v) is 7.25. The summed E-state index contributed by atoms with van der Waals surface area (Å²) in [6, 6.07) is 25.9. The molecule has 1 amide bonds. The van der Waals surface area contributed by atoms with E-state index >= 15 is 0 Å². The summed E-state index contributed by atoms with van der Waals surface area (Å²) in [5.41, 5.74) is 4.40. The second-order valence-electron chi connectivity index (χ2n) is 7.25. The Bertz CT molecular complexity index is 1150. The van der Waals surface area contributed by atoms with Crippen molar-refractivity contribution >= 4 is 11.7 Å². The van der Waals surface area contributed by atoms with Gasteiger partial charge in [-0.1, -0.05) is 72.8 Å². The fraction of sp³-hybridized carbons (Fsp3) is 0.115. The highest BCUT2D eigenvalue weighted by Crippen LogP contribution is 2.21. The van der Waals surface area contributed by atoms with Crippen LogP contribution in [0.1, 0.15) is 16.8 Å². The zero-order valence-electron chi connectivity index (χ0n) is 17.0. The third kappa shape index (κ3) is 5.60. The number of carbonyl (C=O) groups is 1. The summed E-state index contributed by atoms with van der Waals surface area (Å²) in [4.78, 5) is 21.9. The molecule has 4 aromatic rings. The minimum atomic E-state index is -0.324. The highest BCUT2D eigenvalue weighted by atomic mass is 19.1. The van der Waals surface area contributed by atoms with Gasteiger partial charge in [-0.05, 0) is 36.1 Å². The van der Waals surface area contributed by atoms with Gasteiger partial charge in [0, 0.05) is 5.56 Å². The van der Waals surface area contributed by atoms with Crippen LogP contribution in [0.5, 0.6) is 0 Å². The van der Waals surface area contributed by atoms with Gasteiger partial charge in [-0.2, -0.15) is 0 Å². The minimum Gasteiger partial charge on any atom is -0.309 e. The molecule has 4 nitrogen and oxygen atoms in total. The maximum Gasteiger partial charge on any atom is 0.229 e. The summed E-state index contributed by atoms with van der Waals surface area (Å²) in [5, 5.41) is 2.88. The lowest BCUT2D eigenvalue weighted by Crippen LogP contribution is -2.17. The van der Waals surface area contributed by atoms with Crippen molar-refractivity contribution in [3.63, 3.8) is 0 Å². The topological polar surface area (TPSA) is 54.9 Å². The summed E-state index contributed by atoms with van der Waals surface area (Å²) >= 11 is 0. The van der Waals surface area contributed by atoms with E-state index in [1.165, 1.54) is 17.7 Å². The molecule has 1 aromatic heterocycles. The number of nitrogens with one attached hydrogen (secondary N) is 1. The number of carbonyl (C=O) groups excluding carboxylic acids is 1. The average molecular weight is 411 g/mol. The normalized spacial score (nSPS) is 10.6. The lowest BCUT2D eigenvalue weighted by atomic mass is 10.1. The van der Waals surface area contributed by atoms with Crippen LogP contribution >= 0.6 is 0 Å². The predicted octanol–water partition coefficient (Wildman–Crippen LogP) is 5.25. The van der Waals surface area contributed by atoms with Crippen LogP contribution in [0.2, 0.25) is 0 Å². The highest BCUT2D eigenvalue weighted by molar-refractivity contribution is 5.92. The van der Waals surface area contributed by atoms with E-state index in [0.717, 1.165) is 28.9 Å². The summed E-state index contributed by atoms with van der Waals surface area (Å²) in [6.07, 6.45) is 3.24. The molecular formula is C26H22FN3O. The Morgan fingerprint density at radius 1 is 0.806 bits per heavy atom. The van der Waals surface area contributed by atoms with Crippen molar-refractivity contribution in [1.82, 2.24) is 9.97 Å². The Hall–Kier alpha value is -3.86. The molecule has 0 saturated heterocycles. The van der Waals surface area contributed by atoms with Crippen LogP contribution in [0.25, 0.3) is 11.3 Å². The van der Waals surface area contributed by atoms with Gasteiger partial charge in [0.2, 0.25) is 5.91 Å². The smallest absolute Gasteiger partial charge is 0.229 e. The van der Waals surface area contributed by atoms with Crippen LogP contribution in [0.15, 0.2) is 91.1 Å². The number of anilines is 1. The molecule has 0 aliphatic heterocycles. The van der Waals surface area contributed by atoms with Crippen LogP contribution in [-0.4, -0.2) is 15.9 Å². The second kappa shape index (κ2) is 9.76. The van der Waals surface area contributed by atoms with Crippen LogP contribution in [-0.2, 0) is 24.1 Å². The van der Waals surface area contributed by atoms with Gasteiger partial charge in [0.05, 0.1) is 24.0 Å². The van der Waals surface area contributed by atoms with Crippen LogP contribution < -0.4 is 5.32 Å². The molecule has 3 aromatic carbocycles. The van der Waals surface area contributed by atoms with Gasteiger partial charge >= 0.3 is 0 Å². The zero-order valence-corrected chi connectivity index (χ0v) is 17.0. The summed E-state index contributed by atoms with van der Waals surface area (Å²) in [7, 11) is 0. The standard InChI is InChI=1S/C26H22FN3O/c27-22-14-11-20(12-15-22)17-25(31)30-26-23(16-13-19-7-3-1-4-8-19)29-24(18-28-26)21-9-5-2-6-10-21/h1-12,14-15,18H,13,16-17H2,(H,28,30,31). The number of hydrogen-bond donors (Lipinski definition) is 1. The Balaban J connectivity index is 1.55. The molecule has 0 unspecified atom stereocenters. The van der Waals surface area contributed by atoms with E-state index in [2.05, 4.69) is 22.4 Å². The van der Waals surface area contributed by atoms with Crippen molar-refractivity contribution in [3.05, 3.63) is 114 Å². The first-order valence-electron chi connectivity index (χ1n) is 10.2. The molecular weight excluding hydrogens is 389 g/mol. The molecule has 1 N–H and O–H groups in total. The Morgan fingerprint density at radius 2 is 1.48 bits per heavy atom.